The van der Waals surface area contributed by atoms with E-state index in [2.05, 4.69) is 16.4 Å². The first-order chi connectivity index (χ1) is 12.2. The summed E-state index contributed by atoms with van der Waals surface area (Å²) in [5, 5.41) is 12.2. The van der Waals surface area contributed by atoms with Crippen molar-refractivity contribution in [2.24, 2.45) is 0 Å². The third-order valence-corrected chi connectivity index (χ3v) is 4.30. The number of nitrogens with zero attached hydrogens (tertiary/aromatic N) is 3. The lowest BCUT2D eigenvalue weighted by atomic mass is 10.1. The van der Waals surface area contributed by atoms with Crippen molar-refractivity contribution in [1.82, 2.24) is 15.2 Å². The number of amides is 2. The molecule has 1 aliphatic heterocycles. The number of carbonyl (C=O) groups excluding carboxylic acids is 3. The van der Waals surface area contributed by atoms with Crippen LogP contribution in [-0.4, -0.2) is 47.1 Å². The summed E-state index contributed by atoms with van der Waals surface area (Å²) < 4.78 is 0. The first-order valence-corrected chi connectivity index (χ1v) is 7.96. The predicted molar refractivity (Wildman–Crippen MR) is 89.8 cm³/mol. The van der Waals surface area contributed by atoms with Gasteiger partial charge in [-0.15, -0.1) is 0 Å². The van der Waals surface area contributed by atoms with Crippen LogP contribution in [0.4, 0.5) is 0 Å². The Labute approximate surface area is 144 Å². The molecule has 0 bridgehead atoms. The molecular weight excluding hydrogens is 320 g/mol. The molecule has 2 aromatic rings. The van der Waals surface area contributed by atoms with Gasteiger partial charge in [0.25, 0.3) is 5.91 Å². The van der Waals surface area contributed by atoms with Crippen molar-refractivity contribution in [1.29, 1.82) is 5.26 Å². The van der Waals surface area contributed by atoms with Crippen molar-refractivity contribution < 1.29 is 14.4 Å². The Kier molecular flexibility index (Phi) is 4.70. The van der Waals surface area contributed by atoms with Crippen molar-refractivity contribution in [3.63, 3.8) is 0 Å². The number of nitriles is 1. The lowest BCUT2D eigenvalue weighted by molar-refractivity contribution is -0.130. The minimum absolute atomic E-state index is 0.172. The maximum Gasteiger partial charge on any atom is 0.252 e. The van der Waals surface area contributed by atoms with Crippen LogP contribution in [0.3, 0.4) is 0 Å². The van der Waals surface area contributed by atoms with Gasteiger partial charge in [0.2, 0.25) is 5.91 Å². The molecule has 1 fully saturated rings. The van der Waals surface area contributed by atoms with Gasteiger partial charge in [0.15, 0.2) is 6.29 Å². The van der Waals surface area contributed by atoms with Gasteiger partial charge in [-0.25, -0.2) is 0 Å². The summed E-state index contributed by atoms with van der Waals surface area (Å²) in [5.74, 6) is -0.694. The molecule has 1 N–H and O–H groups in total. The number of hydrogen-bond donors (Lipinski definition) is 1. The standard InChI is InChI=1S/C18H16N4O3/c19-9-13-4-2-8-22(13)16(24)10-21-18(25)15-6-7-20-17-12(11-23)3-1-5-14(15)17/h1,3,5-7,11,13H,2,4,8,10H2,(H,21,25). The molecule has 1 aromatic carbocycles. The predicted octanol–water partition coefficient (Wildman–Crippen LogP) is 1.29. The highest BCUT2D eigenvalue weighted by atomic mass is 16.2. The van der Waals surface area contributed by atoms with Crippen LogP contribution in [-0.2, 0) is 4.79 Å². The number of pyridine rings is 1. The Morgan fingerprint density at radius 1 is 1.40 bits per heavy atom. The highest BCUT2D eigenvalue weighted by Gasteiger charge is 2.28. The molecule has 0 saturated carbocycles. The zero-order valence-corrected chi connectivity index (χ0v) is 13.4. The summed E-state index contributed by atoms with van der Waals surface area (Å²) in [5.41, 5.74) is 1.19. The van der Waals surface area contributed by atoms with E-state index < -0.39 is 11.9 Å². The van der Waals surface area contributed by atoms with Crippen LogP contribution in [0.2, 0.25) is 0 Å². The zero-order chi connectivity index (χ0) is 17.8. The molecule has 1 aromatic heterocycles. The Hall–Kier alpha value is -3.27. The van der Waals surface area contributed by atoms with E-state index in [1.165, 1.54) is 11.1 Å². The van der Waals surface area contributed by atoms with E-state index in [0.717, 1.165) is 6.42 Å². The van der Waals surface area contributed by atoms with Crippen LogP contribution in [0.1, 0.15) is 33.6 Å². The molecule has 0 spiro atoms. The molecule has 7 nitrogen and oxygen atoms in total. The van der Waals surface area contributed by atoms with Crippen LogP contribution in [0.15, 0.2) is 30.5 Å². The molecular formula is C18H16N4O3. The zero-order valence-electron chi connectivity index (χ0n) is 13.4. The second-order valence-electron chi connectivity index (χ2n) is 5.78. The number of rotatable bonds is 4. The minimum atomic E-state index is -0.420. The van der Waals surface area contributed by atoms with Crippen molar-refractivity contribution in [3.05, 3.63) is 41.6 Å². The largest absolute Gasteiger partial charge is 0.343 e. The van der Waals surface area contributed by atoms with Gasteiger partial charge in [-0.2, -0.15) is 5.26 Å². The van der Waals surface area contributed by atoms with Crippen LogP contribution < -0.4 is 5.32 Å². The first-order valence-electron chi connectivity index (χ1n) is 7.96. The molecule has 1 atom stereocenters. The molecule has 25 heavy (non-hydrogen) atoms. The molecule has 2 heterocycles. The number of aromatic nitrogens is 1. The monoisotopic (exact) mass is 336 g/mol. The van der Waals surface area contributed by atoms with E-state index >= 15 is 0 Å². The van der Waals surface area contributed by atoms with E-state index in [1.54, 1.807) is 24.3 Å². The molecule has 0 radical (unpaired) electrons. The number of carbonyl (C=O) groups is 3. The third-order valence-electron chi connectivity index (χ3n) is 4.30. The molecule has 1 saturated heterocycles. The number of fused-ring (bicyclic) bond motifs is 1. The smallest absolute Gasteiger partial charge is 0.252 e. The van der Waals surface area contributed by atoms with Crippen molar-refractivity contribution in [3.8, 4) is 6.07 Å². The topological polar surface area (TPSA) is 103 Å². The lowest BCUT2D eigenvalue weighted by Crippen LogP contribution is -2.42. The number of aldehydes is 1. The molecule has 7 heteroatoms. The second kappa shape index (κ2) is 7.09. The third kappa shape index (κ3) is 3.19. The average molecular weight is 336 g/mol. The summed E-state index contributed by atoms with van der Waals surface area (Å²) in [7, 11) is 0. The van der Waals surface area contributed by atoms with Gasteiger partial charge >= 0.3 is 0 Å². The van der Waals surface area contributed by atoms with Gasteiger partial charge < -0.3 is 10.2 Å². The summed E-state index contributed by atoms with van der Waals surface area (Å²) in [6, 6.07) is 8.25. The highest BCUT2D eigenvalue weighted by molar-refractivity contribution is 6.09. The second-order valence-corrected chi connectivity index (χ2v) is 5.78. The van der Waals surface area contributed by atoms with E-state index in [9.17, 15) is 14.4 Å². The molecule has 126 valence electrons. The fraction of sp³-hybridized carbons (Fsp3) is 0.278. The number of para-hydroxylation sites is 1. The van der Waals surface area contributed by atoms with Gasteiger partial charge in [0.1, 0.15) is 6.04 Å². The van der Waals surface area contributed by atoms with E-state index in [0.29, 0.717) is 41.3 Å². The first kappa shape index (κ1) is 16.6. The van der Waals surface area contributed by atoms with E-state index in [4.69, 9.17) is 5.26 Å². The van der Waals surface area contributed by atoms with Crippen molar-refractivity contribution in [2.75, 3.05) is 13.1 Å². The Morgan fingerprint density at radius 3 is 3.00 bits per heavy atom. The number of benzene rings is 1. The maximum absolute atomic E-state index is 12.5. The highest BCUT2D eigenvalue weighted by Crippen LogP contribution is 2.19. The van der Waals surface area contributed by atoms with Crippen LogP contribution >= 0.6 is 0 Å². The van der Waals surface area contributed by atoms with Gasteiger partial charge in [-0.3, -0.25) is 19.4 Å². The molecule has 1 aliphatic rings. The Balaban J connectivity index is 1.76. The quantitative estimate of drug-likeness (QED) is 0.848. The molecule has 2 amide bonds. The van der Waals surface area contributed by atoms with Gasteiger partial charge in [-0.05, 0) is 25.0 Å². The van der Waals surface area contributed by atoms with Crippen LogP contribution in [0, 0.1) is 11.3 Å². The summed E-state index contributed by atoms with van der Waals surface area (Å²) >= 11 is 0. The van der Waals surface area contributed by atoms with Gasteiger partial charge in [0.05, 0.1) is 23.7 Å². The Bertz CT molecular complexity index is 888. The summed E-state index contributed by atoms with van der Waals surface area (Å²) in [4.78, 5) is 41.4. The lowest BCUT2D eigenvalue weighted by Gasteiger charge is -2.19. The molecule has 1 unspecified atom stereocenters. The normalized spacial score (nSPS) is 16.4. The maximum atomic E-state index is 12.5. The van der Waals surface area contributed by atoms with E-state index in [1.807, 2.05) is 0 Å². The number of hydrogen-bond acceptors (Lipinski definition) is 5. The Morgan fingerprint density at radius 2 is 2.24 bits per heavy atom. The van der Waals surface area contributed by atoms with Crippen LogP contribution in [0.5, 0.6) is 0 Å². The summed E-state index contributed by atoms with van der Waals surface area (Å²) in [6.45, 7) is 0.363. The van der Waals surface area contributed by atoms with Crippen molar-refractivity contribution in [2.45, 2.75) is 18.9 Å². The van der Waals surface area contributed by atoms with Gasteiger partial charge in [0, 0.05) is 23.7 Å². The van der Waals surface area contributed by atoms with E-state index in [-0.39, 0.29) is 12.5 Å². The van der Waals surface area contributed by atoms with Crippen molar-refractivity contribution >= 4 is 29.0 Å². The molecule has 3 rings (SSSR count). The average Bonchev–Trinajstić information content (AvgIpc) is 3.13. The number of nitrogens with one attached hydrogen (secondary N) is 1. The van der Waals surface area contributed by atoms with Crippen LogP contribution in [0.25, 0.3) is 10.9 Å². The summed E-state index contributed by atoms with van der Waals surface area (Å²) in [6.07, 6.45) is 3.61. The fourth-order valence-electron chi connectivity index (χ4n) is 3.04. The van der Waals surface area contributed by atoms with Gasteiger partial charge in [-0.1, -0.05) is 12.1 Å². The SMILES string of the molecule is N#CC1CCCN1C(=O)CNC(=O)c1ccnc2c(C=O)cccc12. The number of likely N-dealkylation sites (tertiary alicyclic amines) is 1. The molecule has 0 aliphatic carbocycles. The fourth-order valence-corrected chi connectivity index (χ4v) is 3.04. The minimum Gasteiger partial charge on any atom is -0.343 e.